The average molecular weight is 181 g/mol. The van der Waals surface area contributed by atoms with Crippen molar-refractivity contribution in [2.24, 2.45) is 5.73 Å². The molecule has 0 radical (unpaired) electrons. The van der Waals surface area contributed by atoms with Crippen LogP contribution in [0.4, 0.5) is 0 Å². The van der Waals surface area contributed by atoms with Crippen LogP contribution in [0, 0.1) is 6.92 Å². The Hall–Kier alpha value is -0.800. The first kappa shape index (κ1) is 8.78. The van der Waals surface area contributed by atoms with Gasteiger partial charge in [-0.25, -0.2) is 0 Å². The number of nitrogens with two attached hydrogens (primary N) is 1. The maximum Gasteiger partial charge on any atom is 0.129 e. The van der Waals surface area contributed by atoms with Gasteiger partial charge in [0.1, 0.15) is 11.5 Å². The van der Waals surface area contributed by atoms with Crippen molar-refractivity contribution >= 4 is 0 Å². The summed E-state index contributed by atoms with van der Waals surface area (Å²) in [4.78, 5) is 0. The lowest BCUT2D eigenvalue weighted by atomic mass is 9.83. The lowest BCUT2D eigenvalue weighted by Gasteiger charge is -2.29. The highest BCUT2D eigenvalue weighted by atomic mass is 16.3. The Bertz CT molecular complexity index is 319. The van der Waals surface area contributed by atoms with Crippen molar-refractivity contribution in [2.75, 3.05) is 6.61 Å². The minimum Gasteiger partial charge on any atom is -0.464 e. The highest BCUT2D eigenvalue weighted by Crippen LogP contribution is 2.34. The first-order chi connectivity index (χ1) is 6.15. The largest absolute Gasteiger partial charge is 0.464 e. The molecule has 0 aliphatic heterocycles. The van der Waals surface area contributed by atoms with Crippen molar-refractivity contribution in [3.8, 4) is 0 Å². The number of rotatable bonds is 1. The third-order valence-electron chi connectivity index (χ3n) is 2.74. The topological polar surface area (TPSA) is 59.4 Å². The van der Waals surface area contributed by atoms with E-state index < -0.39 is 5.54 Å². The van der Waals surface area contributed by atoms with Gasteiger partial charge >= 0.3 is 0 Å². The Morgan fingerprint density at radius 2 is 2.46 bits per heavy atom. The van der Waals surface area contributed by atoms with E-state index in [1.807, 2.05) is 13.0 Å². The van der Waals surface area contributed by atoms with E-state index in [1.54, 1.807) is 0 Å². The van der Waals surface area contributed by atoms with Gasteiger partial charge in [0.25, 0.3) is 0 Å². The van der Waals surface area contributed by atoms with Crippen molar-refractivity contribution in [3.05, 3.63) is 23.2 Å². The van der Waals surface area contributed by atoms with Gasteiger partial charge in [0.15, 0.2) is 0 Å². The fourth-order valence-corrected chi connectivity index (χ4v) is 2.03. The van der Waals surface area contributed by atoms with Crippen molar-refractivity contribution in [1.82, 2.24) is 0 Å². The number of aliphatic hydroxyl groups excluding tert-OH is 1. The minimum atomic E-state index is -0.637. The molecule has 2 rings (SSSR count). The maximum absolute atomic E-state index is 9.22. The monoisotopic (exact) mass is 181 g/mol. The van der Waals surface area contributed by atoms with E-state index in [0.717, 1.165) is 30.8 Å². The van der Waals surface area contributed by atoms with Gasteiger partial charge in [-0.3, -0.25) is 0 Å². The van der Waals surface area contributed by atoms with Crippen LogP contribution in [0.5, 0.6) is 0 Å². The zero-order valence-electron chi connectivity index (χ0n) is 7.84. The zero-order valence-corrected chi connectivity index (χ0v) is 7.84. The summed E-state index contributed by atoms with van der Waals surface area (Å²) in [6.45, 7) is 1.88. The first-order valence-electron chi connectivity index (χ1n) is 4.65. The summed E-state index contributed by atoms with van der Waals surface area (Å²) >= 11 is 0. The Balaban J connectivity index is 2.47. The van der Waals surface area contributed by atoms with E-state index in [9.17, 15) is 5.11 Å². The molecule has 0 bridgehead atoms. The molecule has 1 aromatic rings. The number of furan rings is 1. The predicted molar refractivity (Wildman–Crippen MR) is 49.3 cm³/mol. The van der Waals surface area contributed by atoms with Gasteiger partial charge in [0.05, 0.1) is 12.1 Å². The van der Waals surface area contributed by atoms with Crippen LogP contribution < -0.4 is 5.73 Å². The van der Waals surface area contributed by atoms with E-state index in [4.69, 9.17) is 10.2 Å². The number of fused-ring (bicyclic) bond motifs is 1. The predicted octanol–water partition coefficient (Wildman–Crippen LogP) is 1.07. The van der Waals surface area contributed by atoms with E-state index >= 15 is 0 Å². The van der Waals surface area contributed by atoms with E-state index in [2.05, 4.69) is 0 Å². The first-order valence-corrected chi connectivity index (χ1v) is 4.65. The zero-order chi connectivity index (χ0) is 9.47. The molecule has 0 saturated carbocycles. The van der Waals surface area contributed by atoms with Gasteiger partial charge in [-0.05, 0) is 37.8 Å². The van der Waals surface area contributed by atoms with Crippen LogP contribution in [0.1, 0.15) is 29.9 Å². The molecular formula is C10H15NO2. The molecule has 0 amide bonds. The van der Waals surface area contributed by atoms with E-state index in [1.165, 1.54) is 5.56 Å². The summed E-state index contributed by atoms with van der Waals surface area (Å²) < 4.78 is 5.53. The molecule has 3 N–H and O–H groups in total. The summed E-state index contributed by atoms with van der Waals surface area (Å²) in [6, 6.07) is 2.02. The van der Waals surface area contributed by atoms with Gasteiger partial charge in [-0.15, -0.1) is 0 Å². The lowest BCUT2D eigenvalue weighted by molar-refractivity contribution is 0.154. The Kier molecular flexibility index (Phi) is 1.93. The summed E-state index contributed by atoms with van der Waals surface area (Å²) in [6.07, 6.45) is 2.86. The number of aryl methyl sites for hydroxylation is 2. The molecule has 0 fully saturated rings. The molecule has 0 saturated heterocycles. The van der Waals surface area contributed by atoms with Gasteiger partial charge < -0.3 is 15.3 Å². The quantitative estimate of drug-likeness (QED) is 0.681. The highest BCUT2D eigenvalue weighted by Gasteiger charge is 2.35. The lowest BCUT2D eigenvalue weighted by Crippen LogP contribution is -2.42. The molecule has 1 aliphatic carbocycles. The normalized spacial score (nSPS) is 27.3. The molecule has 13 heavy (non-hydrogen) atoms. The van der Waals surface area contributed by atoms with Crippen LogP contribution in [-0.2, 0) is 12.0 Å². The fraction of sp³-hybridized carbons (Fsp3) is 0.600. The summed E-state index contributed by atoms with van der Waals surface area (Å²) in [7, 11) is 0. The third kappa shape index (κ3) is 1.28. The van der Waals surface area contributed by atoms with Crippen LogP contribution in [-0.4, -0.2) is 11.7 Å². The molecule has 3 heteroatoms. The van der Waals surface area contributed by atoms with Crippen LogP contribution in [0.25, 0.3) is 0 Å². The second kappa shape index (κ2) is 2.86. The SMILES string of the molecule is Cc1cc2c(o1)C(N)(CO)CCC2. The minimum absolute atomic E-state index is 0.0348. The average Bonchev–Trinajstić information content (AvgIpc) is 2.48. The number of aliphatic hydroxyl groups is 1. The van der Waals surface area contributed by atoms with Crippen LogP contribution in [0.3, 0.4) is 0 Å². The number of hydrogen-bond acceptors (Lipinski definition) is 3. The second-order valence-electron chi connectivity index (χ2n) is 3.88. The maximum atomic E-state index is 9.22. The van der Waals surface area contributed by atoms with Crippen LogP contribution in [0.15, 0.2) is 10.5 Å². The third-order valence-corrected chi connectivity index (χ3v) is 2.74. The van der Waals surface area contributed by atoms with Crippen molar-refractivity contribution in [3.63, 3.8) is 0 Å². The molecule has 72 valence electrons. The number of hydrogen-bond donors (Lipinski definition) is 2. The van der Waals surface area contributed by atoms with Crippen LogP contribution >= 0.6 is 0 Å². The molecule has 3 nitrogen and oxygen atoms in total. The standard InChI is InChI=1S/C10H15NO2/c1-7-5-8-3-2-4-10(11,6-12)9(8)13-7/h5,12H,2-4,6,11H2,1H3. The Morgan fingerprint density at radius 3 is 3.15 bits per heavy atom. The summed E-state index contributed by atoms with van der Waals surface area (Å²) in [5.41, 5.74) is 6.57. The molecule has 0 spiro atoms. The molecule has 1 aromatic heterocycles. The van der Waals surface area contributed by atoms with Gasteiger partial charge in [0, 0.05) is 0 Å². The Labute approximate surface area is 77.5 Å². The molecule has 1 atom stereocenters. The van der Waals surface area contributed by atoms with Crippen molar-refractivity contribution in [2.45, 2.75) is 31.7 Å². The van der Waals surface area contributed by atoms with Gasteiger partial charge in [-0.1, -0.05) is 0 Å². The molecule has 1 unspecified atom stereocenters. The summed E-state index contributed by atoms with van der Waals surface area (Å²) in [5.74, 6) is 1.67. The molecule has 1 aliphatic rings. The molecule has 1 heterocycles. The van der Waals surface area contributed by atoms with Gasteiger partial charge in [-0.2, -0.15) is 0 Å². The van der Waals surface area contributed by atoms with E-state index in [-0.39, 0.29) is 6.61 Å². The second-order valence-corrected chi connectivity index (χ2v) is 3.88. The highest BCUT2D eigenvalue weighted by molar-refractivity contribution is 5.30. The van der Waals surface area contributed by atoms with Crippen LogP contribution in [0.2, 0.25) is 0 Å². The van der Waals surface area contributed by atoms with Crippen molar-refractivity contribution in [1.29, 1.82) is 0 Å². The Morgan fingerprint density at radius 1 is 1.69 bits per heavy atom. The molecular weight excluding hydrogens is 166 g/mol. The van der Waals surface area contributed by atoms with Crippen molar-refractivity contribution < 1.29 is 9.52 Å². The van der Waals surface area contributed by atoms with E-state index in [0.29, 0.717) is 0 Å². The van der Waals surface area contributed by atoms with Gasteiger partial charge in [0.2, 0.25) is 0 Å². The summed E-state index contributed by atoms with van der Waals surface area (Å²) in [5, 5.41) is 9.22. The smallest absolute Gasteiger partial charge is 0.129 e. The fourth-order valence-electron chi connectivity index (χ4n) is 2.03. The molecule has 0 aromatic carbocycles.